The van der Waals surface area contributed by atoms with Crippen molar-refractivity contribution in [3.05, 3.63) is 86.2 Å². The third-order valence-electron chi connectivity index (χ3n) is 5.59. The summed E-state index contributed by atoms with van der Waals surface area (Å²) in [5.74, 6) is -0.0203. The zero-order valence-electron chi connectivity index (χ0n) is 16.2. The molecule has 0 amide bonds. The molecule has 3 heterocycles. The Hall–Kier alpha value is -3.78. The Bertz CT molecular complexity index is 1380. The molecule has 152 valence electrons. The van der Waals surface area contributed by atoms with E-state index >= 15 is 0 Å². The summed E-state index contributed by atoms with van der Waals surface area (Å²) in [4.78, 5) is 31.1. The predicted molar refractivity (Wildman–Crippen MR) is 113 cm³/mol. The van der Waals surface area contributed by atoms with Crippen LogP contribution in [0, 0.1) is 0 Å². The van der Waals surface area contributed by atoms with E-state index in [4.69, 9.17) is 4.74 Å². The number of benzene rings is 2. The molecule has 1 aliphatic heterocycles. The Balaban J connectivity index is 1.76. The van der Waals surface area contributed by atoms with E-state index in [2.05, 4.69) is 15.3 Å². The smallest absolute Gasteiger partial charge is 0.335 e. The number of rotatable bonds is 3. The molecule has 4 N–H and O–H groups in total. The molecule has 0 bridgehead atoms. The van der Waals surface area contributed by atoms with Crippen molar-refractivity contribution in [2.75, 3.05) is 13.7 Å². The molecule has 1 atom stereocenters. The lowest BCUT2D eigenvalue weighted by Crippen LogP contribution is -2.38. The summed E-state index contributed by atoms with van der Waals surface area (Å²) in [5, 5.41) is 15.5. The van der Waals surface area contributed by atoms with Crippen LogP contribution in [0.5, 0.6) is 11.6 Å². The number of aromatic nitrogens is 3. The fraction of sp³-hybridized carbons (Fsp3) is 0.182. The normalized spacial score (nSPS) is 15.8. The highest BCUT2D eigenvalue weighted by Crippen LogP contribution is 2.35. The van der Waals surface area contributed by atoms with Gasteiger partial charge in [0.1, 0.15) is 11.3 Å². The Morgan fingerprint density at radius 1 is 1.07 bits per heavy atom. The molecule has 8 nitrogen and oxygen atoms in total. The third kappa shape index (κ3) is 2.65. The van der Waals surface area contributed by atoms with Gasteiger partial charge in [0.05, 0.1) is 18.8 Å². The highest BCUT2D eigenvalue weighted by Gasteiger charge is 2.31. The van der Waals surface area contributed by atoms with Gasteiger partial charge in [-0.1, -0.05) is 30.3 Å². The lowest BCUT2D eigenvalue weighted by Gasteiger charge is -2.25. The summed E-state index contributed by atoms with van der Waals surface area (Å²) in [5.41, 5.74) is 1.92. The van der Waals surface area contributed by atoms with Crippen LogP contribution in [-0.4, -0.2) is 33.3 Å². The zero-order valence-corrected chi connectivity index (χ0v) is 16.2. The second-order valence-corrected chi connectivity index (χ2v) is 7.20. The van der Waals surface area contributed by atoms with Crippen LogP contribution >= 0.6 is 0 Å². The molecule has 0 unspecified atom stereocenters. The maximum atomic E-state index is 12.8. The molecule has 4 aromatic rings. The van der Waals surface area contributed by atoms with Crippen molar-refractivity contribution in [1.82, 2.24) is 19.9 Å². The molecule has 0 fully saturated rings. The van der Waals surface area contributed by atoms with E-state index in [-0.39, 0.29) is 5.56 Å². The van der Waals surface area contributed by atoms with Crippen LogP contribution in [0.3, 0.4) is 0 Å². The fourth-order valence-corrected chi connectivity index (χ4v) is 4.26. The van der Waals surface area contributed by atoms with E-state index in [9.17, 15) is 14.7 Å². The third-order valence-corrected chi connectivity index (χ3v) is 5.59. The van der Waals surface area contributed by atoms with Gasteiger partial charge >= 0.3 is 5.69 Å². The summed E-state index contributed by atoms with van der Waals surface area (Å²) in [6.45, 7) is 0.631. The number of nitrogens with zero attached hydrogens (tertiary/aromatic N) is 1. The number of hydrogen-bond donors (Lipinski definition) is 4. The molecule has 30 heavy (non-hydrogen) atoms. The SMILES string of the molecule is COc1ccccc1-n1c(O)c([C@@H]2NCCc3c2[nH]c2ccccc32)c(=O)[nH]c1=O. The number of methoxy groups -OCH3 is 1. The Kier molecular flexibility index (Phi) is 4.22. The number of aromatic hydroxyl groups is 1. The molecule has 0 aliphatic carbocycles. The van der Waals surface area contributed by atoms with Gasteiger partial charge in [-0.25, -0.2) is 9.36 Å². The number of nitrogens with one attached hydrogen (secondary N) is 3. The standard InChI is InChI=1S/C22H20N4O4/c1-30-16-9-5-4-8-15(16)26-21(28)17(20(27)25-22(26)29)19-18-13(10-11-23-19)12-6-2-3-7-14(12)24-18/h2-9,19,23-24,28H,10-11H2,1H3,(H,25,27,29)/t19-/m0/s1. The maximum Gasteiger partial charge on any atom is 0.335 e. The van der Waals surface area contributed by atoms with Gasteiger partial charge in [-0.15, -0.1) is 0 Å². The summed E-state index contributed by atoms with van der Waals surface area (Å²) in [6.07, 6.45) is 0.792. The number of H-pyrrole nitrogens is 2. The molecule has 5 rings (SSSR count). The van der Waals surface area contributed by atoms with Gasteiger partial charge in [-0.05, 0) is 30.2 Å². The van der Waals surface area contributed by atoms with Crippen molar-refractivity contribution in [3.63, 3.8) is 0 Å². The molecular formula is C22H20N4O4. The molecular weight excluding hydrogens is 384 g/mol. The maximum absolute atomic E-state index is 12.8. The van der Waals surface area contributed by atoms with E-state index in [0.717, 1.165) is 33.1 Å². The largest absolute Gasteiger partial charge is 0.495 e. The predicted octanol–water partition coefficient (Wildman–Crippen LogP) is 1.96. The van der Waals surface area contributed by atoms with E-state index < -0.39 is 23.2 Å². The molecule has 0 saturated heterocycles. The van der Waals surface area contributed by atoms with Gasteiger partial charge in [0.15, 0.2) is 0 Å². The van der Waals surface area contributed by atoms with Gasteiger partial charge < -0.3 is 20.1 Å². The fourth-order valence-electron chi connectivity index (χ4n) is 4.26. The van der Waals surface area contributed by atoms with E-state index in [1.165, 1.54) is 7.11 Å². The second kappa shape index (κ2) is 6.93. The van der Waals surface area contributed by atoms with Crippen molar-refractivity contribution in [1.29, 1.82) is 0 Å². The molecule has 2 aromatic carbocycles. The molecule has 1 aliphatic rings. The van der Waals surface area contributed by atoms with Crippen LogP contribution in [0.4, 0.5) is 0 Å². The van der Waals surface area contributed by atoms with Crippen molar-refractivity contribution >= 4 is 10.9 Å². The van der Waals surface area contributed by atoms with Crippen LogP contribution in [0.25, 0.3) is 16.6 Å². The van der Waals surface area contributed by atoms with Gasteiger partial charge in [0.25, 0.3) is 5.56 Å². The summed E-state index contributed by atoms with van der Waals surface area (Å²) < 4.78 is 6.40. The first kappa shape index (κ1) is 18.3. The molecule has 0 radical (unpaired) electrons. The second-order valence-electron chi connectivity index (χ2n) is 7.20. The summed E-state index contributed by atoms with van der Waals surface area (Å²) in [6, 6.07) is 14.1. The quantitative estimate of drug-likeness (QED) is 0.417. The highest BCUT2D eigenvalue weighted by molar-refractivity contribution is 5.85. The van der Waals surface area contributed by atoms with Crippen molar-refractivity contribution in [2.45, 2.75) is 12.5 Å². The number of ether oxygens (including phenoxy) is 1. The first-order chi connectivity index (χ1) is 14.6. The number of aromatic amines is 2. The van der Waals surface area contributed by atoms with Crippen LogP contribution in [-0.2, 0) is 6.42 Å². The number of para-hydroxylation sites is 3. The van der Waals surface area contributed by atoms with E-state index in [1.54, 1.807) is 24.3 Å². The minimum absolute atomic E-state index is 0.0769. The minimum atomic E-state index is -0.738. The summed E-state index contributed by atoms with van der Waals surface area (Å²) in [7, 11) is 1.48. The Morgan fingerprint density at radius 3 is 2.67 bits per heavy atom. The Morgan fingerprint density at radius 2 is 1.83 bits per heavy atom. The van der Waals surface area contributed by atoms with E-state index in [0.29, 0.717) is 18.0 Å². The first-order valence-corrected chi connectivity index (χ1v) is 9.64. The topological polar surface area (TPSA) is 112 Å². The van der Waals surface area contributed by atoms with Crippen LogP contribution in [0.15, 0.2) is 58.1 Å². The van der Waals surface area contributed by atoms with Crippen molar-refractivity contribution in [2.24, 2.45) is 0 Å². The minimum Gasteiger partial charge on any atom is -0.495 e. The average molecular weight is 404 g/mol. The molecule has 2 aromatic heterocycles. The number of hydrogen-bond acceptors (Lipinski definition) is 5. The van der Waals surface area contributed by atoms with Crippen LogP contribution < -0.4 is 21.3 Å². The molecule has 8 heteroatoms. The molecule has 0 spiro atoms. The molecule has 0 saturated carbocycles. The van der Waals surface area contributed by atoms with Gasteiger partial charge in [0.2, 0.25) is 5.88 Å². The van der Waals surface area contributed by atoms with Crippen LogP contribution in [0.1, 0.15) is 22.9 Å². The van der Waals surface area contributed by atoms with Gasteiger partial charge in [-0.2, -0.15) is 0 Å². The summed E-state index contributed by atoms with van der Waals surface area (Å²) >= 11 is 0. The lowest BCUT2D eigenvalue weighted by atomic mass is 9.95. The van der Waals surface area contributed by atoms with Crippen LogP contribution in [0.2, 0.25) is 0 Å². The highest BCUT2D eigenvalue weighted by atomic mass is 16.5. The van der Waals surface area contributed by atoms with Crippen molar-refractivity contribution < 1.29 is 9.84 Å². The van der Waals surface area contributed by atoms with E-state index in [1.807, 2.05) is 24.3 Å². The lowest BCUT2D eigenvalue weighted by molar-refractivity contribution is 0.393. The monoisotopic (exact) mass is 404 g/mol. The average Bonchev–Trinajstić information content (AvgIpc) is 3.13. The van der Waals surface area contributed by atoms with Gasteiger partial charge in [-0.3, -0.25) is 9.78 Å². The Labute approximate surface area is 170 Å². The van der Waals surface area contributed by atoms with Gasteiger partial charge in [0, 0.05) is 23.1 Å². The zero-order chi connectivity index (χ0) is 20.8. The van der Waals surface area contributed by atoms with Crippen molar-refractivity contribution in [3.8, 4) is 17.3 Å². The number of fused-ring (bicyclic) bond motifs is 3. The first-order valence-electron chi connectivity index (χ1n) is 9.64.